The molecular weight excluding hydrogens is 291 g/mol. The second-order valence-corrected chi connectivity index (χ2v) is 6.38. The topological polar surface area (TPSA) is 50.7 Å². The van der Waals surface area contributed by atoms with Gasteiger partial charge in [0.2, 0.25) is 5.13 Å². The monoisotopic (exact) mass is 302 g/mol. The second kappa shape index (κ2) is 4.99. The molecule has 0 aliphatic heterocycles. The van der Waals surface area contributed by atoms with Crippen LogP contribution in [0.1, 0.15) is 20.8 Å². The van der Waals surface area contributed by atoms with E-state index in [-0.39, 0.29) is 5.54 Å². The van der Waals surface area contributed by atoms with E-state index in [1.54, 1.807) is 6.07 Å². The maximum absolute atomic E-state index is 6.06. The van der Waals surface area contributed by atoms with Crippen LogP contribution >= 0.6 is 34.7 Å². The van der Waals surface area contributed by atoms with E-state index in [9.17, 15) is 0 Å². The molecule has 0 atom stereocenters. The van der Waals surface area contributed by atoms with Crippen molar-refractivity contribution in [2.75, 3.05) is 5.32 Å². The van der Waals surface area contributed by atoms with Gasteiger partial charge < -0.3 is 5.32 Å². The van der Waals surface area contributed by atoms with Gasteiger partial charge in [-0.1, -0.05) is 23.2 Å². The zero-order valence-electron chi connectivity index (χ0n) is 10.2. The summed E-state index contributed by atoms with van der Waals surface area (Å²) in [5.41, 5.74) is 0.480. The van der Waals surface area contributed by atoms with E-state index in [4.69, 9.17) is 23.2 Å². The van der Waals surface area contributed by atoms with Gasteiger partial charge in [0.15, 0.2) is 5.82 Å². The van der Waals surface area contributed by atoms with Gasteiger partial charge in [0.1, 0.15) is 5.69 Å². The fourth-order valence-electron chi connectivity index (χ4n) is 1.27. The van der Waals surface area contributed by atoms with E-state index in [2.05, 4.69) is 40.4 Å². The molecule has 0 amide bonds. The molecule has 0 radical (unpaired) electrons. The highest BCUT2D eigenvalue weighted by Crippen LogP contribution is 2.28. The van der Waals surface area contributed by atoms with Crippen LogP contribution in [0.4, 0.5) is 5.13 Å². The quantitative estimate of drug-likeness (QED) is 0.906. The lowest BCUT2D eigenvalue weighted by Crippen LogP contribution is -2.25. The molecule has 0 saturated heterocycles. The van der Waals surface area contributed by atoms with Crippen LogP contribution in [-0.2, 0) is 0 Å². The van der Waals surface area contributed by atoms with Crippen molar-refractivity contribution in [1.82, 2.24) is 14.3 Å². The fraction of sp³-hybridized carbons (Fsp3) is 0.364. The molecule has 96 valence electrons. The van der Waals surface area contributed by atoms with Crippen LogP contribution < -0.4 is 5.32 Å². The van der Waals surface area contributed by atoms with Gasteiger partial charge in [0.05, 0.1) is 10.0 Å². The Morgan fingerprint density at radius 1 is 1.28 bits per heavy atom. The third kappa shape index (κ3) is 3.31. The summed E-state index contributed by atoms with van der Waals surface area (Å²) < 4.78 is 4.24. The van der Waals surface area contributed by atoms with Crippen LogP contribution in [-0.4, -0.2) is 19.9 Å². The van der Waals surface area contributed by atoms with Gasteiger partial charge in [0.25, 0.3) is 0 Å². The predicted octanol–water partition coefficient (Wildman–Crippen LogP) is 4.12. The number of pyridine rings is 1. The molecule has 0 aliphatic rings. The Bertz CT molecular complexity index is 562. The van der Waals surface area contributed by atoms with Crippen LogP contribution in [0, 0.1) is 0 Å². The molecule has 2 heterocycles. The van der Waals surface area contributed by atoms with E-state index in [0.717, 1.165) is 5.13 Å². The predicted molar refractivity (Wildman–Crippen MR) is 76.5 cm³/mol. The van der Waals surface area contributed by atoms with Crippen LogP contribution in [0.2, 0.25) is 10.0 Å². The summed E-state index contributed by atoms with van der Waals surface area (Å²) >= 11 is 13.1. The first-order valence-corrected chi connectivity index (χ1v) is 6.81. The maximum atomic E-state index is 6.06. The summed E-state index contributed by atoms with van der Waals surface area (Å²) in [6, 6.07) is 1.63. The van der Waals surface area contributed by atoms with Crippen molar-refractivity contribution < 1.29 is 0 Å². The van der Waals surface area contributed by atoms with Gasteiger partial charge in [0, 0.05) is 23.3 Å². The number of halogens is 2. The van der Waals surface area contributed by atoms with E-state index < -0.39 is 0 Å². The number of nitrogens with one attached hydrogen (secondary N) is 1. The van der Waals surface area contributed by atoms with Crippen molar-refractivity contribution in [3.8, 4) is 11.5 Å². The standard InChI is InChI=1S/C11H12Cl2N4S/c1-11(2,3)16-10-15-9(17-18-10)8-7(13)4-6(12)5-14-8/h4-5H,1-3H3,(H,15,16,17). The van der Waals surface area contributed by atoms with Gasteiger partial charge >= 0.3 is 0 Å². The number of anilines is 1. The smallest absolute Gasteiger partial charge is 0.203 e. The molecule has 0 spiro atoms. The van der Waals surface area contributed by atoms with E-state index in [1.807, 2.05) is 0 Å². The summed E-state index contributed by atoms with van der Waals surface area (Å²) in [7, 11) is 0. The second-order valence-electron chi connectivity index (χ2n) is 4.78. The summed E-state index contributed by atoms with van der Waals surface area (Å²) in [4.78, 5) is 8.51. The molecule has 0 aromatic carbocycles. The van der Waals surface area contributed by atoms with Crippen LogP contribution in [0.25, 0.3) is 11.5 Å². The minimum Gasteiger partial charge on any atom is -0.356 e. The third-order valence-corrected chi connectivity index (χ3v) is 3.05. The lowest BCUT2D eigenvalue weighted by molar-refractivity contribution is 0.633. The number of rotatable bonds is 2. The third-order valence-electron chi connectivity index (χ3n) is 1.93. The summed E-state index contributed by atoms with van der Waals surface area (Å²) in [5, 5.41) is 4.93. The maximum Gasteiger partial charge on any atom is 0.203 e. The Morgan fingerprint density at radius 2 is 2.00 bits per heavy atom. The minimum absolute atomic E-state index is 0.0615. The summed E-state index contributed by atoms with van der Waals surface area (Å²) in [6.07, 6.45) is 1.53. The first-order chi connectivity index (χ1) is 8.35. The number of hydrogen-bond acceptors (Lipinski definition) is 5. The Kier molecular flexibility index (Phi) is 3.75. The molecule has 1 N–H and O–H groups in total. The van der Waals surface area contributed by atoms with Crippen molar-refractivity contribution in [3.05, 3.63) is 22.3 Å². The van der Waals surface area contributed by atoms with Crippen LogP contribution in [0.15, 0.2) is 12.3 Å². The molecule has 2 aromatic heterocycles. The molecule has 0 bridgehead atoms. The van der Waals surface area contributed by atoms with Crippen molar-refractivity contribution in [2.24, 2.45) is 0 Å². The Labute approximate surface area is 120 Å². The van der Waals surface area contributed by atoms with E-state index in [0.29, 0.717) is 21.6 Å². The summed E-state index contributed by atoms with van der Waals surface area (Å²) in [5.74, 6) is 0.508. The molecule has 7 heteroatoms. The molecule has 2 rings (SSSR count). The van der Waals surface area contributed by atoms with E-state index in [1.165, 1.54) is 17.7 Å². The average Bonchev–Trinajstić information content (AvgIpc) is 2.63. The van der Waals surface area contributed by atoms with Crippen molar-refractivity contribution in [1.29, 1.82) is 0 Å². The highest BCUT2D eigenvalue weighted by atomic mass is 35.5. The Balaban J connectivity index is 2.29. The highest BCUT2D eigenvalue weighted by Gasteiger charge is 2.16. The van der Waals surface area contributed by atoms with Gasteiger partial charge in [-0.05, 0) is 26.8 Å². The Hall–Kier alpha value is -0.910. The number of nitrogens with zero attached hydrogens (tertiary/aromatic N) is 3. The summed E-state index contributed by atoms with van der Waals surface area (Å²) in [6.45, 7) is 6.17. The first kappa shape index (κ1) is 13.5. The molecule has 2 aromatic rings. The Morgan fingerprint density at radius 3 is 2.61 bits per heavy atom. The van der Waals surface area contributed by atoms with Gasteiger partial charge in [-0.3, -0.25) is 0 Å². The lowest BCUT2D eigenvalue weighted by atomic mass is 10.1. The molecular formula is C11H12Cl2N4S. The van der Waals surface area contributed by atoms with Crippen LogP contribution in [0.3, 0.4) is 0 Å². The molecule has 0 unspecified atom stereocenters. The SMILES string of the molecule is CC(C)(C)Nc1nc(-c2ncc(Cl)cc2Cl)ns1. The normalized spacial score (nSPS) is 11.6. The van der Waals surface area contributed by atoms with Crippen molar-refractivity contribution >= 4 is 39.9 Å². The highest BCUT2D eigenvalue weighted by molar-refractivity contribution is 7.09. The number of hydrogen-bond donors (Lipinski definition) is 1. The number of aromatic nitrogens is 3. The van der Waals surface area contributed by atoms with Gasteiger partial charge in [-0.2, -0.15) is 9.36 Å². The molecule has 0 fully saturated rings. The zero-order chi connectivity index (χ0) is 13.3. The van der Waals surface area contributed by atoms with Crippen molar-refractivity contribution in [3.63, 3.8) is 0 Å². The van der Waals surface area contributed by atoms with E-state index >= 15 is 0 Å². The minimum atomic E-state index is -0.0615. The van der Waals surface area contributed by atoms with Crippen molar-refractivity contribution in [2.45, 2.75) is 26.3 Å². The van der Waals surface area contributed by atoms with Gasteiger partial charge in [-0.25, -0.2) is 4.98 Å². The molecule has 0 saturated carbocycles. The molecule has 0 aliphatic carbocycles. The average molecular weight is 303 g/mol. The molecule has 18 heavy (non-hydrogen) atoms. The van der Waals surface area contributed by atoms with Crippen LogP contribution in [0.5, 0.6) is 0 Å². The fourth-order valence-corrected chi connectivity index (χ4v) is 2.51. The first-order valence-electron chi connectivity index (χ1n) is 5.28. The lowest BCUT2D eigenvalue weighted by Gasteiger charge is -2.18. The molecule has 4 nitrogen and oxygen atoms in total. The van der Waals surface area contributed by atoms with Gasteiger partial charge in [-0.15, -0.1) is 0 Å². The largest absolute Gasteiger partial charge is 0.356 e. The zero-order valence-corrected chi connectivity index (χ0v) is 12.5.